The van der Waals surface area contributed by atoms with Crippen LogP contribution in [0.25, 0.3) is 0 Å². The lowest BCUT2D eigenvalue weighted by molar-refractivity contribution is -0.217. The van der Waals surface area contributed by atoms with Crippen LogP contribution in [-0.2, 0) is 36.9 Å². The summed E-state index contributed by atoms with van der Waals surface area (Å²) in [6, 6.07) is 20.3. The monoisotopic (exact) mass is 384 g/mol. The molecule has 28 heavy (non-hydrogen) atoms. The molecule has 0 aliphatic carbocycles. The van der Waals surface area contributed by atoms with Crippen molar-refractivity contribution in [3.05, 3.63) is 71.8 Å². The Morgan fingerprint density at radius 2 is 1.36 bits per heavy atom. The zero-order chi connectivity index (χ0) is 19.4. The number of ether oxygens (including phenoxy) is 5. The van der Waals surface area contributed by atoms with Crippen LogP contribution in [0.4, 0.5) is 0 Å². The molecule has 2 aromatic rings. The first-order chi connectivity index (χ1) is 13.6. The highest BCUT2D eigenvalue weighted by Gasteiger charge is 2.54. The van der Waals surface area contributed by atoms with Gasteiger partial charge in [-0.15, -0.1) is 0 Å². The van der Waals surface area contributed by atoms with Crippen LogP contribution in [0.15, 0.2) is 60.7 Å². The molecular formula is C23H28O5. The minimum Gasteiger partial charge on any atom is -0.376 e. The quantitative estimate of drug-likeness (QED) is 0.690. The summed E-state index contributed by atoms with van der Waals surface area (Å²) >= 11 is 0. The fraction of sp³-hybridized carbons (Fsp3) is 0.478. The van der Waals surface area contributed by atoms with Crippen molar-refractivity contribution in [1.82, 2.24) is 0 Å². The fourth-order valence-electron chi connectivity index (χ4n) is 3.76. The van der Waals surface area contributed by atoms with E-state index < -0.39 is 5.79 Å². The van der Waals surface area contributed by atoms with Crippen molar-refractivity contribution in [1.29, 1.82) is 0 Å². The van der Waals surface area contributed by atoms with Gasteiger partial charge in [0, 0.05) is 5.92 Å². The first-order valence-electron chi connectivity index (χ1n) is 9.85. The molecule has 0 unspecified atom stereocenters. The predicted octanol–water partition coefficient (Wildman–Crippen LogP) is 3.91. The standard InChI is InChI=1S/C23H28O5/c1-23(2)27-21-19(15-24-13-17-9-5-3-6-10-17)20(26-22(21)28-23)16-25-14-18-11-7-4-8-12-18/h3-12,19-22H,13-16H2,1-2H3/t19-,20-,21-,22-/m1/s1. The molecule has 2 heterocycles. The molecule has 0 radical (unpaired) electrons. The van der Waals surface area contributed by atoms with E-state index in [9.17, 15) is 0 Å². The first kappa shape index (κ1) is 19.6. The van der Waals surface area contributed by atoms with Crippen molar-refractivity contribution >= 4 is 0 Å². The third-order valence-corrected chi connectivity index (χ3v) is 5.11. The Morgan fingerprint density at radius 3 is 1.96 bits per heavy atom. The normalized spacial score (nSPS) is 28.4. The van der Waals surface area contributed by atoms with Crippen LogP contribution in [0, 0.1) is 5.92 Å². The minimum atomic E-state index is -0.636. The highest BCUT2D eigenvalue weighted by atomic mass is 16.8. The van der Waals surface area contributed by atoms with Crippen LogP contribution in [0.3, 0.4) is 0 Å². The molecule has 0 saturated carbocycles. The van der Waals surface area contributed by atoms with E-state index in [0.29, 0.717) is 26.4 Å². The Labute approximate surface area is 166 Å². The Kier molecular flexibility index (Phi) is 6.09. The van der Waals surface area contributed by atoms with Gasteiger partial charge in [0.2, 0.25) is 0 Å². The van der Waals surface area contributed by atoms with E-state index in [0.717, 1.165) is 11.1 Å². The predicted molar refractivity (Wildman–Crippen MR) is 104 cm³/mol. The molecule has 0 bridgehead atoms. The van der Waals surface area contributed by atoms with Crippen LogP contribution >= 0.6 is 0 Å². The van der Waals surface area contributed by atoms with Crippen LogP contribution in [0.5, 0.6) is 0 Å². The molecule has 2 saturated heterocycles. The third kappa shape index (κ3) is 4.80. The van der Waals surface area contributed by atoms with Crippen molar-refractivity contribution in [2.24, 2.45) is 5.92 Å². The van der Waals surface area contributed by atoms with Crippen molar-refractivity contribution in [2.75, 3.05) is 13.2 Å². The maximum atomic E-state index is 6.12. The van der Waals surface area contributed by atoms with E-state index in [4.69, 9.17) is 23.7 Å². The van der Waals surface area contributed by atoms with Gasteiger partial charge < -0.3 is 23.7 Å². The van der Waals surface area contributed by atoms with Gasteiger partial charge in [-0.2, -0.15) is 0 Å². The number of rotatable bonds is 8. The minimum absolute atomic E-state index is 0.0614. The van der Waals surface area contributed by atoms with Crippen molar-refractivity contribution in [2.45, 2.75) is 51.3 Å². The van der Waals surface area contributed by atoms with E-state index in [1.807, 2.05) is 50.2 Å². The molecule has 0 amide bonds. The maximum Gasteiger partial charge on any atom is 0.188 e. The van der Waals surface area contributed by atoms with Gasteiger partial charge in [-0.1, -0.05) is 60.7 Å². The Balaban J connectivity index is 1.34. The van der Waals surface area contributed by atoms with Gasteiger partial charge in [0.05, 0.1) is 32.5 Å². The lowest BCUT2D eigenvalue weighted by Crippen LogP contribution is -2.35. The second kappa shape index (κ2) is 8.72. The van der Waals surface area contributed by atoms with Crippen LogP contribution in [0.2, 0.25) is 0 Å². The van der Waals surface area contributed by atoms with Gasteiger partial charge in [0.1, 0.15) is 6.10 Å². The van der Waals surface area contributed by atoms with E-state index >= 15 is 0 Å². The zero-order valence-corrected chi connectivity index (χ0v) is 16.5. The maximum absolute atomic E-state index is 6.12. The number of benzene rings is 2. The third-order valence-electron chi connectivity index (χ3n) is 5.11. The van der Waals surface area contributed by atoms with Gasteiger partial charge in [-0.25, -0.2) is 0 Å². The van der Waals surface area contributed by atoms with Gasteiger partial charge in [0.25, 0.3) is 0 Å². The molecule has 0 spiro atoms. The molecule has 150 valence electrons. The summed E-state index contributed by atoms with van der Waals surface area (Å²) < 4.78 is 30.1. The highest BCUT2D eigenvalue weighted by molar-refractivity contribution is 5.14. The molecule has 2 aliphatic heterocycles. The van der Waals surface area contributed by atoms with Crippen molar-refractivity contribution in [3.8, 4) is 0 Å². The van der Waals surface area contributed by atoms with Crippen LogP contribution < -0.4 is 0 Å². The van der Waals surface area contributed by atoms with Crippen molar-refractivity contribution < 1.29 is 23.7 Å². The molecular weight excluding hydrogens is 356 g/mol. The average molecular weight is 384 g/mol. The summed E-state index contributed by atoms with van der Waals surface area (Å²) in [5.74, 6) is -0.575. The molecule has 0 N–H and O–H groups in total. The summed E-state index contributed by atoms with van der Waals surface area (Å²) in [4.78, 5) is 0. The molecule has 0 aromatic heterocycles. The largest absolute Gasteiger partial charge is 0.376 e. The van der Waals surface area contributed by atoms with Crippen LogP contribution in [-0.4, -0.2) is 37.5 Å². The van der Waals surface area contributed by atoms with Gasteiger partial charge in [0.15, 0.2) is 12.1 Å². The Bertz CT molecular complexity index is 733. The van der Waals surface area contributed by atoms with Gasteiger partial charge in [-0.3, -0.25) is 0 Å². The van der Waals surface area contributed by atoms with E-state index in [1.54, 1.807) is 0 Å². The van der Waals surface area contributed by atoms with Gasteiger partial charge >= 0.3 is 0 Å². The van der Waals surface area contributed by atoms with E-state index in [1.165, 1.54) is 0 Å². The molecule has 5 nitrogen and oxygen atoms in total. The fourth-order valence-corrected chi connectivity index (χ4v) is 3.76. The second-order valence-electron chi connectivity index (χ2n) is 7.81. The lowest BCUT2D eigenvalue weighted by Gasteiger charge is -2.25. The summed E-state index contributed by atoms with van der Waals surface area (Å²) in [5, 5.41) is 0. The van der Waals surface area contributed by atoms with Crippen LogP contribution in [0.1, 0.15) is 25.0 Å². The lowest BCUT2D eigenvalue weighted by atomic mass is 10.00. The molecule has 2 fully saturated rings. The summed E-state index contributed by atoms with van der Waals surface area (Å²) in [7, 11) is 0. The topological polar surface area (TPSA) is 46.2 Å². The smallest absolute Gasteiger partial charge is 0.188 e. The molecule has 2 aliphatic rings. The van der Waals surface area contributed by atoms with Crippen molar-refractivity contribution in [3.63, 3.8) is 0 Å². The zero-order valence-electron chi connectivity index (χ0n) is 16.5. The second-order valence-corrected chi connectivity index (χ2v) is 7.81. The SMILES string of the molecule is CC1(C)O[C@H]2O[C@H](COCc3ccccc3)[C@@H](COCc3ccccc3)[C@H]2O1. The molecule has 4 rings (SSSR count). The number of fused-ring (bicyclic) bond motifs is 1. The highest BCUT2D eigenvalue weighted by Crippen LogP contribution is 2.41. The molecule has 2 aromatic carbocycles. The van der Waals surface area contributed by atoms with Gasteiger partial charge in [-0.05, 0) is 25.0 Å². The molecule has 5 heteroatoms. The van der Waals surface area contributed by atoms with E-state index in [2.05, 4.69) is 24.3 Å². The summed E-state index contributed by atoms with van der Waals surface area (Å²) in [5.41, 5.74) is 2.30. The Hall–Kier alpha value is -1.76. The first-order valence-corrected chi connectivity index (χ1v) is 9.85. The Morgan fingerprint density at radius 1 is 0.786 bits per heavy atom. The number of hydrogen-bond acceptors (Lipinski definition) is 5. The number of hydrogen-bond donors (Lipinski definition) is 0. The van der Waals surface area contributed by atoms with E-state index in [-0.39, 0.29) is 24.4 Å². The summed E-state index contributed by atoms with van der Waals surface area (Å²) in [6.07, 6.45) is -0.632. The summed E-state index contributed by atoms with van der Waals surface area (Å²) in [6.45, 7) is 5.97. The molecule has 4 atom stereocenters. The average Bonchev–Trinajstić information content (AvgIpc) is 3.15.